The summed E-state index contributed by atoms with van der Waals surface area (Å²) in [5.41, 5.74) is 7.16. The van der Waals surface area contributed by atoms with Crippen LogP contribution in [0.15, 0.2) is 77.9 Å². The number of carbonyl (C=O) groups excluding carboxylic acids is 2. The van der Waals surface area contributed by atoms with Gasteiger partial charge in [0, 0.05) is 44.3 Å². The van der Waals surface area contributed by atoms with Crippen LogP contribution >= 0.6 is 23.2 Å². The molecule has 8 heteroatoms. The molecule has 0 aliphatic heterocycles. The van der Waals surface area contributed by atoms with E-state index in [1.54, 1.807) is 30.5 Å². The van der Waals surface area contributed by atoms with Crippen molar-refractivity contribution in [2.45, 2.75) is 33.4 Å². The van der Waals surface area contributed by atoms with Gasteiger partial charge in [0.2, 0.25) is 0 Å². The first-order chi connectivity index (χ1) is 17.7. The molecule has 0 saturated carbocycles. The van der Waals surface area contributed by atoms with Gasteiger partial charge in [-0.15, -0.1) is 0 Å². The van der Waals surface area contributed by atoms with Gasteiger partial charge in [0.15, 0.2) is 0 Å². The smallest absolute Gasteiger partial charge is 0.262 e. The molecule has 0 fully saturated rings. The van der Waals surface area contributed by atoms with E-state index in [0.717, 1.165) is 27.7 Å². The number of rotatable bonds is 8. The highest BCUT2D eigenvalue weighted by atomic mass is 35.5. The molecule has 2 amide bonds. The molecule has 1 heterocycles. The molecule has 0 saturated heterocycles. The lowest BCUT2D eigenvalue weighted by molar-refractivity contribution is -0.123. The largest absolute Gasteiger partial charge is 0.340 e. The Morgan fingerprint density at radius 2 is 1.57 bits per heavy atom. The Morgan fingerprint density at radius 3 is 2.22 bits per heavy atom. The molecule has 0 aliphatic rings. The first-order valence-electron chi connectivity index (χ1n) is 12.0. The topological polar surface area (TPSA) is 75.5 Å². The van der Waals surface area contributed by atoms with Crippen LogP contribution in [0.5, 0.6) is 0 Å². The molecular weight excluding hydrogens is 507 g/mol. The van der Waals surface area contributed by atoms with Crippen molar-refractivity contribution in [3.05, 3.63) is 105 Å². The van der Waals surface area contributed by atoms with Crippen LogP contribution in [-0.2, 0) is 11.3 Å². The Labute approximate surface area is 226 Å². The fraction of sp³-hybridized carbons (Fsp3) is 0.207. The number of hydrazone groups is 1. The average molecular weight is 535 g/mol. The Hall–Kier alpha value is -3.61. The van der Waals surface area contributed by atoms with Crippen LogP contribution < -0.4 is 10.7 Å². The molecule has 0 bridgehead atoms. The van der Waals surface area contributed by atoms with Gasteiger partial charge in [0.25, 0.3) is 11.8 Å². The van der Waals surface area contributed by atoms with E-state index in [2.05, 4.69) is 26.5 Å². The maximum Gasteiger partial charge on any atom is 0.262 e. The lowest BCUT2D eigenvalue weighted by atomic mass is 10.0. The number of carbonyl (C=O) groups is 2. The lowest BCUT2D eigenvalue weighted by Crippen LogP contribution is -2.48. The second-order valence-corrected chi connectivity index (χ2v) is 10.0. The minimum absolute atomic E-state index is 0.144. The van der Waals surface area contributed by atoms with E-state index in [9.17, 15) is 9.59 Å². The minimum atomic E-state index is -0.757. The van der Waals surface area contributed by atoms with Crippen molar-refractivity contribution in [1.82, 2.24) is 15.3 Å². The zero-order valence-electron chi connectivity index (χ0n) is 20.8. The van der Waals surface area contributed by atoms with Crippen molar-refractivity contribution in [3.8, 4) is 0 Å². The van der Waals surface area contributed by atoms with E-state index >= 15 is 0 Å². The number of aromatic nitrogens is 1. The van der Waals surface area contributed by atoms with Crippen LogP contribution in [0.1, 0.15) is 41.0 Å². The van der Waals surface area contributed by atoms with Gasteiger partial charge in [0.1, 0.15) is 6.04 Å². The fourth-order valence-electron chi connectivity index (χ4n) is 4.19. The molecule has 0 spiro atoms. The molecule has 6 nitrogen and oxygen atoms in total. The highest BCUT2D eigenvalue weighted by Crippen LogP contribution is 2.26. The molecule has 37 heavy (non-hydrogen) atoms. The van der Waals surface area contributed by atoms with Crippen molar-refractivity contribution < 1.29 is 9.59 Å². The second-order valence-electron chi connectivity index (χ2n) is 9.17. The molecular formula is C29H28Cl2N4O2. The summed E-state index contributed by atoms with van der Waals surface area (Å²) in [6.07, 6.45) is 1.66. The summed E-state index contributed by atoms with van der Waals surface area (Å²) in [6, 6.07) is 21.6. The number of para-hydroxylation sites is 1. The summed E-state index contributed by atoms with van der Waals surface area (Å²) < 4.78 is 2.21. The van der Waals surface area contributed by atoms with Crippen molar-refractivity contribution in [2.24, 2.45) is 11.0 Å². The van der Waals surface area contributed by atoms with Crippen molar-refractivity contribution in [1.29, 1.82) is 0 Å². The first-order valence-corrected chi connectivity index (χ1v) is 12.7. The van der Waals surface area contributed by atoms with Crippen LogP contribution in [0, 0.1) is 12.8 Å². The van der Waals surface area contributed by atoms with E-state index in [1.807, 2.05) is 63.2 Å². The Kier molecular flexibility index (Phi) is 8.31. The number of fused-ring (bicyclic) bond motifs is 1. The summed E-state index contributed by atoms with van der Waals surface area (Å²) in [6.45, 7) is 6.44. The zero-order chi connectivity index (χ0) is 26.5. The van der Waals surface area contributed by atoms with Crippen LogP contribution in [0.4, 0.5) is 0 Å². The van der Waals surface area contributed by atoms with Gasteiger partial charge >= 0.3 is 0 Å². The fourth-order valence-corrected chi connectivity index (χ4v) is 4.44. The van der Waals surface area contributed by atoms with Crippen LogP contribution in [0.3, 0.4) is 0 Å². The van der Waals surface area contributed by atoms with Crippen LogP contribution in [-0.4, -0.2) is 28.6 Å². The summed E-state index contributed by atoms with van der Waals surface area (Å²) in [4.78, 5) is 25.6. The highest BCUT2D eigenvalue weighted by Gasteiger charge is 2.24. The van der Waals surface area contributed by atoms with Gasteiger partial charge in [-0.05, 0) is 60.9 Å². The Bertz CT molecular complexity index is 1440. The van der Waals surface area contributed by atoms with Gasteiger partial charge in [-0.2, -0.15) is 5.10 Å². The van der Waals surface area contributed by atoms with Gasteiger partial charge in [0.05, 0.1) is 6.21 Å². The third-order valence-electron chi connectivity index (χ3n) is 6.24. The van der Waals surface area contributed by atoms with E-state index in [0.29, 0.717) is 22.2 Å². The van der Waals surface area contributed by atoms with Gasteiger partial charge < -0.3 is 9.88 Å². The first kappa shape index (κ1) is 26.5. The van der Waals surface area contributed by atoms with E-state index in [1.165, 1.54) is 0 Å². The SMILES string of the molecule is Cc1c(C=NNC(=O)C(NC(=O)c2ccc(Cl)cc2)C(C)C)c2ccccc2n1Cc1ccc(Cl)cc1. The zero-order valence-corrected chi connectivity index (χ0v) is 22.3. The van der Waals surface area contributed by atoms with Gasteiger partial charge in [-0.3, -0.25) is 9.59 Å². The molecule has 190 valence electrons. The van der Waals surface area contributed by atoms with Crippen LogP contribution in [0.25, 0.3) is 10.9 Å². The number of benzene rings is 3. The molecule has 1 atom stereocenters. The molecule has 4 rings (SSSR count). The highest BCUT2D eigenvalue weighted by molar-refractivity contribution is 6.30. The predicted octanol–water partition coefficient (Wildman–Crippen LogP) is 6.21. The molecule has 4 aromatic rings. The molecule has 0 aliphatic carbocycles. The number of halogens is 2. The number of hydrogen-bond donors (Lipinski definition) is 2. The quantitative estimate of drug-likeness (QED) is 0.208. The third kappa shape index (κ3) is 6.21. The molecule has 0 radical (unpaired) electrons. The second kappa shape index (κ2) is 11.6. The summed E-state index contributed by atoms with van der Waals surface area (Å²) >= 11 is 12.0. The van der Waals surface area contributed by atoms with Crippen molar-refractivity contribution in [2.75, 3.05) is 0 Å². The third-order valence-corrected chi connectivity index (χ3v) is 6.75. The van der Waals surface area contributed by atoms with Crippen molar-refractivity contribution in [3.63, 3.8) is 0 Å². The van der Waals surface area contributed by atoms with Crippen LogP contribution in [0.2, 0.25) is 10.0 Å². The van der Waals surface area contributed by atoms with Gasteiger partial charge in [-0.1, -0.05) is 67.4 Å². The minimum Gasteiger partial charge on any atom is -0.340 e. The van der Waals surface area contributed by atoms with E-state index < -0.39 is 11.9 Å². The molecule has 1 unspecified atom stereocenters. The molecule has 3 aromatic carbocycles. The standard InChI is InChI=1S/C29H28Cl2N4O2/c1-18(2)27(33-28(36)21-10-14-23(31)15-11-21)29(37)34-32-16-25-19(3)35(26-7-5-4-6-24(25)26)17-20-8-12-22(30)13-9-20/h4-16,18,27H,17H2,1-3H3,(H,33,36)(H,34,37). The Balaban J connectivity index is 1.52. The predicted molar refractivity (Wildman–Crippen MR) is 151 cm³/mol. The summed E-state index contributed by atoms with van der Waals surface area (Å²) in [5, 5.41) is 9.32. The average Bonchev–Trinajstić information content (AvgIpc) is 3.14. The van der Waals surface area contributed by atoms with E-state index in [-0.39, 0.29) is 11.8 Å². The van der Waals surface area contributed by atoms with Crippen molar-refractivity contribution >= 4 is 52.1 Å². The number of nitrogens with zero attached hydrogens (tertiary/aromatic N) is 2. The van der Waals surface area contributed by atoms with E-state index in [4.69, 9.17) is 23.2 Å². The lowest BCUT2D eigenvalue weighted by Gasteiger charge is -2.20. The maximum absolute atomic E-state index is 12.9. The summed E-state index contributed by atoms with van der Waals surface area (Å²) in [7, 11) is 0. The molecule has 2 N–H and O–H groups in total. The maximum atomic E-state index is 12.9. The summed E-state index contributed by atoms with van der Waals surface area (Å²) in [5.74, 6) is -0.888. The monoisotopic (exact) mass is 534 g/mol. The number of hydrogen-bond acceptors (Lipinski definition) is 3. The number of amides is 2. The Morgan fingerprint density at radius 1 is 0.946 bits per heavy atom. The normalized spacial score (nSPS) is 12.3. The number of nitrogens with one attached hydrogen (secondary N) is 2. The molecule has 1 aromatic heterocycles. The van der Waals surface area contributed by atoms with Gasteiger partial charge in [-0.25, -0.2) is 5.43 Å².